The quantitative estimate of drug-likeness (QED) is 0.136. The number of amides is 3. The maximum atomic E-state index is 13.2. The van der Waals surface area contributed by atoms with Crippen LogP contribution in [0.5, 0.6) is 0 Å². The molecule has 0 saturated carbocycles. The smallest absolute Gasteiger partial charge is 0.251 e. The van der Waals surface area contributed by atoms with Crippen LogP contribution in [0, 0.1) is 35.5 Å². The topological polar surface area (TPSA) is 87.3 Å². The van der Waals surface area contributed by atoms with Crippen molar-refractivity contribution in [2.45, 2.75) is 120 Å². The van der Waals surface area contributed by atoms with Crippen molar-refractivity contribution in [2.75, 3.05) is 19.6 Å². The van der Waals surface area contributed by atoms with Crippen molar-refractivity contribution in [3.63, 3.8) is 0 Å². The molecule has 0 aromatic heterocycles. The van der Waals surface area contributed by atoms with Gasteiger partial charge in [-0.3, -0.25) is 14.4 Å². The first-order chi connectivity index (χ1) is 19.8. The first kappa shape index (κ1) is 37.7. The van der Waals surface area contributed by atoms with E-state index in [0.29, 0.717) is 71.8 Å². The van der Waals surface area contributed by atoms with Crippen molar-refractivity contribution in [3.8, 4) is 0 Å². The Morgan fingerprint density at radius 2 is 0.690 bits per heavy atom. The molecule has 240 valence electrons. The van der Waals surface area contributed by atoms with Gasteiger partial charge in [-0.1, -0.05) is 101 Å². The summed E-state index contributed by atoms with van der Waals surface area (Å²) in [7, 11) is 0. The molecule has 1 aromatic rings. The summed E-state index contributed by atoms with van der Waals surface area (Å²) in [5.41, 5.74) is 1.03. The Balaban J connectivity index is 2.94. The largest absolute Gasteiger partial charge is 0.352 e. The second-order valence-electron chi connectivity index (χ2n) is 14.2. The highest BCUT2D eigenvalue weighted by molar-refractivity contribution is 6.04. The molecule has 6 heteroatoms. The van der Waals surface area contributed by atoms with E-state index in [0.717, 1.165) is 38.5 Å². The Morgan fingerprint density at radius 3 is 0.905 bits per heavy atom. The normalized spacial score (nSPS) is 13.7. The summed E-state index contributed by atoms with van der Waals surface area (Å²) in [6.45, 7) is 21.5. The molecule has 0 aliphatic carbocycles. The predicted molar refractivity (Wildman–Crippen MR) is 177 cm³/mol. The lowest BCUT2D eigenvalue weighted by Gasteiger charge is -2.16. The summed E-state index contributed by atoms with van der Waals surface area (Å²) >= 11 is 0. The molecule has 1 aromatic carbocycles. The summed E-state index contributed by atoms with van der Waals surface area (Å²) in [4.78, 5) is 39.6. The number of nitrogens with one attached hydrogen (secondary N) is 3. The molecule has 0 saturated heterocycles. The van der Waals surface area contributed by atoms with Crippen LogP contribution in [-0.2, 0) is 0 Å². The third kappa shape index (κ3) is 16.9. The van der Waals surface area contributed by atoms with Gasteiger partial charge in [0.2, 0.25) is 0 Å². The first-order valence-corrected chi connectivity index (χ1v) is 16.8. The van der Waals surface area contributed by atoms with Crippen LogP contribution in [-0.4, -0.2) is 37.4 Å². The molecule has 0 spiro atoms. The Morgan fingerprint density at radius 1 is 0.452 bits per heavy atom. The van der Waals surface area contributed by atoms with E-state index in [1.165, 1.54) is 19.3 Å². The number of benzene rings is 1. The van der Waals surface area contributed by atoms with Crippen molar-refractivity contribution in [1.82, 2.24) is 16.0 Å². The second-order valence-corrected chi connectivity index (χ2v) is 14.2. The monoisotopic (exact) mass is 585 g/mol. The van der Waals surface area contributed by atoms with Crippen molar-refractivity contribution in [3.05, 3.63) is 34.9 Å². The molecule has 3 amide bonds. The minimum Gasteiger partial charge on any atom is -0.352 e. The first-order valence-electron chi connectivity index (χ1n) is 16.8. The maximum Gasteiger partial charge on any atom is 0.251 e. The van der Waals surface area contributed by atoms with Crippen LogP contribution >= 0.6 is 0 Å². The molecule has 0 unspecified atom stereocenters. The molecule has 3 atom stereocenters. The molecule has 0 bridgehead atoms. The third-order valence-corrected chi connectivity index (χ3v) is 7.99. The fraction of sp³-hybridized carbons (Fsp3) is 0.750. The van der Waals surface area contributed by atoms with Crippen LogP contribution in [0.3, 0.4) is 0 Å². The van der Waals surface area contributed by atoms with Gasteiger partial charge in [0.05, 0.1) is 0 Å². The van der Waals surface area contributed by atoms with Gasteiger partial charge in [-0.25, -0.2) is 0 Å². The van der Waals surface area contributed by atoms with Crippen molar-refractivity contribution < 1.29 is 14.4 Å². The molecule has 0 fully saturated rings. The van der Waals surface area contributed by atoms with Crippen LogP contribution in [0.25, 0.3) is 0 Å². The number of hydrogen-bond acceptors (Lipinski definition) is 3. The maximum absolute atomic E-state index is 13.2. The Kier molecular flexibility index (Phi) is 18.4. The van der Waals surface area contributed by atoms with E-state index in [1.807, 2.05) is 0 Å². The van der Waals surface area contributed by atoms with Gasteiger partial charge in [-0.2, -0.15) is 0 Å². The number of carbonyl (C=O) groups is 3. The molecular weight excluding hydrogens is 522 g/mol. The average Bonchev–Trinajstić information content (AvgIpc) is 2.92. The summed E-state index contributed by atoms with van der Waals surface area (Å²) in [5, 5.41) is 9.10. The average molecular weight is 586 g/mol. The van der Waals surface area contributed by atoms with Crippen molar-refractivity contribution >= 4 is 17.7 Å². The fourth-order valence-electron chi connectivity index (χ4n) is 5.06. The zero-order valence-electron chi connectivity index (χ0n) is 28.4. The van der Waals surface area contributed by atoms with E-state index in [4.69, 9.17) is 0 Å². The fourth-order valence-corrected chi connectivity index (χ4v) is 5.06. The van der Waals surface area contributed by atoms with Gasteiger partial charge in [0, 0.05) is 36.3 Å². The highest BCUT2D eigenvalue weighted by atomic mass is 16.2. The van der Waals surface area contributed by atoms with Crippen LogP contribution in [0.15, 0.2) is 18.2 Å². The van der Waals surface area contributed by atoms with Gasteiger partial charge < -0.3 is 16.0 Å². The van der Waals surface area contributed by atoms with Crippen LogP contribution < -0.4 is 16.0 Å². The Bertz CT molecular complexity index is 810. The van der Waals surface area contributed by atoms with E-state index in [1.54, 1.807) is 18.2 Å². The lowest BCUT2D eigenvalue weighted by atomic mass is 9.98. The van der Waals surface area contributed by atoms with Gasteiger partial charge >= 0.3 is 0 Å². The van der Waals surface area contributed by atoms with Gasteiger partial charge in [0.15, 0.2) is 0 Å². The van der Waals surface area contributed by atoms with E-state index in [9.17, 15) is 14.4 Å². The molecule has 1 rings (SSSR count). The Labute approximate surface area is 258 Å². The predicted octanol–water partition coefficient (Wildman–Crippen LogP) is 8.26. The molecule has 0 aliphatic rings. The number of rotatable bonds is 21. The molecule has 0 aliphatic heterocycles. The van der Waals surface area contributed by atoms with E-state index in [2.05, 4.69) is 78.3 Å². The van der Waals surface area contributed by atoms with Gasteiger partial charge in [0.1, 0.15) is 0 Å². The van der Waals surface area contributed by atoms with E-state index < -0.39 is 0 Å². The second kappa shape index (κ2) is 20.5. The lowest BCUT2D eigenvalue weighted by Crippen LogP contribution is -2.32. The molecule has 6 nitrogen and oxygen atoms in total. The van der Waals surface area contributed by atoms with Gasteiger partial charge in [0.25, 0.3) is 17.7 Å². The number of carbonyl (C=O) groups excluding carboxylic acids is 3. The molecule has 0 heterocycles. The summed E-state index contributed by atoms with van der Waals surface area (Å²) in [6, 6.07) is 4.84. The third-order valence-electron chi connectivity index (χ3n) is 7.99. The molecule has 42 heavy (non-hydrogen) atoms. The summed E-state index contributed by atoms with van der Waals surface area (Å²) in [6.07, 6.45) is 10.1. The molecule has 3 N–H and O–H groups in total. The molecule has 0 radical (unpaired) electrons. The number of hydrogen-bond donors (Lipinski definition) is 3. The van der Waals surface area contributed by atoms with Crippen molar-refractivity contribution in [2.24, 2.45) is 35.5 Å². The minimum absolute atomic E-state index is 0.251. The van der Waals surface area contributed by atoms with Crippen molar-refractivity contribution in [1.29, 1.82) is 0 Å². The highest BCUT2D eigenvalue weighted by Crippen LogP contribution is 2.16. The van der Waals surface area contributed by atoms with Gasteiger partial charge in [-0.05, 0) is 73.0 Å². The zero-order chi connectivity index (χ0) is 31.7. The highest BCUT2D eigenvalue weighted by Gasteiger charge is 2.18. The van der Waals surface area contributed by atoms with E-state index >= 15 is 0 Å². The van der Waals surface area contributed by atoms with Crippen LogP contribution in [0.4, 0.5) is 0 Å². The summed E-state index contributed by atoms with van der Waals surface area (Å²) < 4.78 is 0. The van der Waals surface area contributed by atoms with Crippen LogP contribution in [0.1, 0.15) is 151 Å². The lowest BCUT2D eigenvalue weighted by molar-refractivity contribution is 0.0946. The Hall–Kier alpha value is -2.37. The standard InChI is InChI=1S/C36H63N3O3/c1-25(2)13-10-16-28(7)22-37-34(40)31-19-32(35(41)38-23-29(8)17-11-14-26(3)4)21-33(20-31)36(42)39-24-30(9)18-12-15-27(5)6/h19-21,25-30H,10-18,22-24H2,1-9H3,(H,37,40)(H,38,41)(H,39,42)/t28-,29-,30-/m0/s1. The van der Waals surface area contributed by atoms with Crippen LogP contribution in [0.2, 0.25) is 0 Å². The SMILES string of the molecule is CC(C)CCC[C@H](C)CNC(=O)c1cc(C(=O)NC[C@@H](C)CCCC(C)C)cc(C(=O)NC[C@@H](C)CCCC(C)C)c1. The van der Waals surface area contributed by atoms with Gasteiger partial charge in [-0.15, -0.1) is 0 Å². The zero-order valence-corrected chi connectivity index (χ0v) is 28.4. The minimum atomic E-state index is -0.251. The summed E-state index contributed by atoms with van der Waals surface area (Å²) in [5.74, 6) is 2.35. The molecular formula is C36H63N3O3. The van der Waals surface area contributed by atoms with E-state index in [-0.39, 0.29) is 17.7 Å².